The van der Waals surface area contributed by atoms with Gasteiger partial charge in [-0.25, -0.2) is 4.79 Å². The van der Waals surface area contributed by atoms with Gasteiger partial charge in [0.1, 0.15) is 6.10 Å². The Bertz CT molecular complexity index is 751. The van der Waals surface area contributed by atoms with Crippen LogP contribution in [0.25, 0.3) is 11.0 Å². The number of aromatic amines is 1. The van der Waals surface area contributed by atoms with Crippen LogP contribution in [0.3, 0.4) is 0 Å². The predicted octanol–water partition coefficient (Wildman–Crippen LogP) is 2.16. The van der Waals surface area contributed by atoms with Gasteiger partial charge in [-0.2, -0.15) is 4.98 Å². The average Bonchev–Trinajstić information content (AvgIpc) is 3.04. The maximum Gasteiger partial charge on any atom is 0.412 e. The number of aliphatic hydroxyl groups excluding tert-OH is 1. The van der Waals surface area contributed by atoms with Gasteiger partial charge in [0, 0.05) is 4.88 Å². The number of rotatable bonds is 3. The number of aromatic nitrogens is 2. The third kappa shape index (κ3) is 2.36. The maximum atomic E-state index is 10.7. The predicted molar refractivity (Wildman–Crippen MR) is 74.7 cm³/mol. The number of nitrogens with one attached hydrogen (secondary N) is 1. The number of nitrogens with zero attached hydrogens (tertiary/aromatic N) is 1. The molecule has 1 aromatic carbocycles. The lowest BCUT2D eigenvalue weighted by Gasteiger charge is -2.08. The number of fused-ring (bicyclic) bond motifs is 1. The van der Waals surface area contributed by atoms with Gasteiger partial charge >= 0.3 is 12.1 Å². The van der Waals surface area contributed by atoms with Crippen LogP contribution in [0.4, 0.5) is 4.79 Å². The number of carbonyl (C=O) groups is 1. The average molecular weight is 289 g/mol. The number of benzene rings is 1. The molecule has 0 fully saturated rings. The molecule has 0 bridgehead atoms. The Morgan fingerprint density at radius 2 is 2.30 bits per heavy atom. The van der Waals surface area contributed by atoms with E-state index >= 15 is 0 Å². The third-order valence-corrected chi connectivity index (χ3v) is 3.73. The molecular weight excluding hydrogens is 278 g/mol. The van der Waals surface area contributed by atoms with E-state index in [1.165, 1.54) is 11.3 Å². The SMILES string of the molecule is NC(=O)Oc1nc2ccc(C(O)c3cccs3)cc2[nH]1. The molecule has 1 unspecified atom stereocenters. The zero-order valence-corrected chi connectivity index (χ0v) is 11.1. The fourth-order valence-corrected chi connectivity index (χ4v) is 2.67. The van der Waals surface area contributed by atoms with Crippen molar-refractivity contribution in [3.05, 3.63) is 46.2 Å². The minimum absolute atomic E-state index is 0.0373. The molecule has 0 saturated carbocycles. The summed E-state index contributed by atoms with van der Waals surface area (Å²) < 4.78 is 4.68. The number of nitrogens with two attached hydrogens (primary N) is 1. The van der Waals surface area contributed by atoms with E-state index in [4.69, 9.17) is 5.73 Å². The Labute approximate surface area is 117 Å². The van der Waals surface area contributed by atoms with E-state index in [1.54, 1.807) is 18.2 Å². The van der Waals surface area contributed by atoms with Crippen molar-refractivity contribution < 1.29 is 14.6 Å². The molecular formula is C13H11N3O3S. The molecule has 4 N–H and O–H groups in total. The number of hydrogen-bond acceptors (Lipinski definition) is 5. The van der Waals surface area contributed by atoms with Crippen LogP contribution in [0.1, 0.15) is 16.5 Å². The number of aliphatic hydroxyl groups is 1. The normalized spacial score (nSPS) is 12.4. The molecule has 102 valence electrons. The molecule has 7 heteroatoms. The van der Waals surface area contributed by atoms with Crippen LogP contribution < -0.4 is 10.5 Å². The van der Waals surface area contributed by atoms with Crippen molar-refractivity contribution in [2.24, 2.45) is 5.73 Å². The van der Waals surface area contributed by atoms with Crippen molar-refractivity contribution in [1.82, 2.24) is 9.97 Å². The standard InChI is InChI=1S/C13H11N3O3S/c14-12(18)19-13-15-8-4-3-7(6-9(8)16-13)11(17)10-2-1-5-20-10/h1-6,11,17H,(H2,14,18)(H,15,16). The van der Waals surface area contributed by atoms with Gasteiger partial charge in [-0.1, -0.05) is 12.1 Å². The number of primary amides is 1. The first-order valence-electron chi connectivity index (χ1n) is 5.82. The summed E-state index contributed by atoms with van der Waals surface area (Å²) in [5.74, 6) is 0. The Morgan fingerprint density at radius 3 is 3.00 bits per heavy atom. The van der Waals surface area contributed by atoms with Crippen LogP contribution in [0, 0.1) is 0 Å². The summed E-state index contributed by atoms with van der Waals surface area (Å²) in [6.45, 7) is 0. The number of hydrogen-bond donors (Lipinski definition) is 3. The Morgan fingerprint density at radius 1 is 1.45 bits per heavy atom. The van der Waals surface area contributed by atoms with Crippen LogP contribution in [-0.2, 0) is 0 Å². The minimum atomic E-state index is -0.928. The number of ether oxygens (including phenoxy) is 1. The van der Waals surface area contributed by atoms with Gasteiger partial charge in [-0.05, 0) is 29.1 Å². The molecule has 1 atom stereocenters. The molecule has 1 amide bonds. The molecule has 0 aliphatic rings. The van der Waals surface area contributed by atoms with Crippen LogP contribution in [0.5, 0.6) is 6.01 Å². The lowest BCUT2D eigenvalue weighted by atomic mass is 10.1. The van der Waals surface area contributed by atoms with Crippen molar-refractivity contribution in [2.75, 3.05) is 0 Å². The highest BCUT2D eigenvalue weighted by Crippen LogP contribution is 2.28. The molecule has 6 nitrogen and oxygen atoms in total. The molecule has 2 heterocycles. The van der Waals surface area contributed by atoms with Gasteiger partial charge in [0.05, 0.1) is 11.0 Å². The number of amides is 1. The van der Waals surface area contributed by atoms with Gasteiger partial charge in [0.2, 0.25) is 0 Å². The van der Waals surface area contributed by atoms with Gasteiger partial charge in [0.15, 0.2) is 0 Å². The van der Waals surface area contributed by atoms with E-state index in [2.05, 4.69) is 14.7 Å². The van der Waals surface area contributed by atoms with E-state index in [1.807, 2.05) is 17.5 Å². The second-order valence-electron chi connectivity index (χ2n) is 4.16. The van der Waals surface area contributed by atoms with E-state index in [0.29, 0.717) is 11.0 Å². The first-order chi connectivity index (χ1) is 9.63. The number of carbonyl (C=O) groups excluding carboxylic acids is 1. The van der Waals surface area contributed by atoms with Crippen molar-refractivity contribution in [1.29, 1.82) is 0 Å². The topological polar surface area (TPSA) is 101 Å². The fourth-order valence-electron chi connectivity index (χ4n) is 1.93. The van der Waals surface area contributed by atoms with Gasteiger partial charge in [-0.15, -0.1) is 11.3 Å². The number of thiophene rings is 1. The summed E-state index contributed by atoms with van der Waals surface area (Å²) >= 11 is 1.48. The third-order valence-electron chi connectivity index (χ3n) is 2.81. The molecule has 20 heavy (non-hydrogen) atoms. The lowest BCUT2D eigenvalue weighted by Crippen LogP contribution is -2.16. The molecule has 3 aromatic rings. The summed E-state index contributed by atoms with van der Waals surface area (Å²) in [6.07, 6.45) is -1.62. The van der Waals surface area contributed by atoms with Crippen LogP contribution in [0.2, 0.25) is 0 Å². The van der Waals surface area contributed by atoms with E-state index < -0.39 is 12.2 Å². The van der Waals surface area contributed by atoms with Crippen LogP contribution in [0.15, 0.2) is 35.7 Å². The fraction of sp³-hybridized carbons (Fsp3) is 0.0769. The van der Waals surface area contributed by atoms with Gasteiger partial charge < -0.3 is 20.6 Å². The van der Waals surface area contributed by atoms with Crippen molar-refractivity contribution in [2.45, 2.75) is 6.10 Å². The smallest absolute Gasteiger partial charge is 0.383 e. The van der Waals surface area contributed by atoms with Crippen molar-refractivity contribution >= 4 is 28.5 Å². The summed E-state index contributed by atoms with van der Waals surface area (Å²) in [5.41, 5.74) is 6.95. The first-order valence-corrected chi connectivity index (χ1v) is 6.70. The maximum absolute atomic E-state index is 10.7. The Hall–Kier alpha value is -2.38. The summed E-state index contributed by atoms with van der Waals surface area (Å²) in [7, 11) is 0. The second-order valence-corrected chi connectivity index (χ2v) is 5.14. The summed E-state index contributed by atoms with van der Waals surface area (Å²) in [6, 6.07) is 9.08. The molecule has 0 saturated heterocycles. The molecule has 0 aliphatic carbocycles. The van der Waals surface area contributed by atoms with Crippen molar-refractivity contribution in [3.63, 3.8) is 0 Å². The summed E-state index contributed by atoms with van der Waals surface area (Å²) in [5, 5.41) is 12.2. The molecule has 0 radical (unpaired) electrons. The van der Waals surface area contributed by atoms with Gasteiger partial charge in [0.25, 0.3) is 0 Å². The highest BCUT2D eigenvalue weighted by Gasteiger charge is 2.13. The lowest BCUT2D eigenvalue weighted by molar-refractivity contribution is 0.207. The highest BCUT2D eigenvalue weighted by molar-refractivity contribution is 7.10. The molecule has 0 aliphatic heterocycles. The highest BCUT2D eigenvalue weighted by atomic mass is 32.1. The molecule has 2 aromatic heterocycles. The van der Waals surface area contributed by atoms with E-state index in [0.717, 1.165) is 10.4 Å². The summed E-state index contributed by atoms with van der Waals surface area (Å²) in [4.78, 5) is 18.4. The quantitative estimate of drug-likeness (QED) is 0.687. The Kier molecular flexibility index (Phi) is 3.13. The van der Waals surface area contributed by atoms with Gasteiger partial charge in [-0.3, -0.25) is 0 Å². The zero-order chi connectivity index (χ0) is 14.1. The van der Waals surface area contributed by atoms with E-state index in [-0.39, 0.29) is 6.01 Å². The van der Waals surface area contributed by atoms with Crippen LogP contribution >= 0.6 is 11.3 Å². The van der Waals surface area contributed by atoms with E-state index in [9.17, 15) is 9.90 Å². The zero-order valence-electron chi connectivity index (χ0n) is 10.2. The largest absolute Gasteiger partial charge is 0.412 e. The Balaban J connectivity index is 1.96. The second kappa shape index (κ2) is 4.95. The number of imidazole rings is 1. The molecule has 3 rings (SSSR count). The minimum Gasteiger partial charge on any atom is -0.383 e. The first kappa shape index (κ1) is 12.6. The van der Waals surface area contributed by atoms with Crippen molar-refractivity contribution in [3.8, 4) is 6.01 Å². The van der Waals surface area contributed by atoms with Crippen LogP contribution in [-0.4, -0.2) is 21.2 Å². The molecule has 0 spiro atoms. The number of H-pyrrole nitrogens is 1. The monoisotopic (exact) mass is 289 g/mol.